The van der Waals surface area contributed by atoms with Gasteiger partial charge >= 0.3 is 0 Å². The zero-order valence-corrected chi connectivity index (χ0v) is 16.4. The molecule has 2 aromatic heterocycles. The van der Waals surface area contributed by atoms with Crippen LogP contribution in [0.5, 0.6) is 0 Å². The molecule has 0 aliphatic heterocycles. The average Bonchev–Trinajstić information content (AvgIpc) is 3.12. The highest BCUT2D eigenvalue weighted by Gasteiger charge is 2.13. The fraction of sp³-hybridized carbons (Fsp3) is 0.227. The number of hydrogen-bond donors (Lipinski definition) is 2. The van der Waals surface area contributed by atoms with Crippen LogP contribution in [-0.2, 0) is 5.41 Å². The van der Waals surface area contributed by atoms with Crippen molar-refractivity contribution >= 4 is 34.2 Å². The van der Waals surface area contributed by atoms with Gasteiger partial charge in [-0.3, -0.25) is 0 Å². The Kier molecular flexibility index (Phi) is 4.47. The number of nitrogens with zero attached hydrogens (tertiary/aromatic N) is 3. The third kappa shape index (κ3) is 3.81. The molecule has 4 rings (SSSR count). The van der Waals surface area contributed by atoms with Gasteiger partial charge in [-0.15, -0.1) is 0 Å². The first-order chi connectivity index (χ1) is 13.4. The fourth-order valence-corrected chi connectivity index (χ4v) is 2.88. The van der Waals surface area contributed by atoms with Gasteiger partial charge in [-0.1, -0.05) is 32.9 Å². The molecule has 0 spiro atoms. The lowest BCUT2D eigenvalue weighted by atomic mass is 9.87. The molecule has 2 N–H and O–H groups in total. The lowest BCUT2D eigenvalue weighted by Crippen LogP contribution is -2.10. The standard InChI is InChI=1S/C22H23N5O/c1-14-12-23-21(26-16-7-5-15(6-8-16)22(2,3)4)27-20(14)25-17-9-10-19-18(11-17)24-13-28-19/h5-13H,1-4H3,(H2,23,25,26,27). The summed E-state index contributed by atoms with van der Waals surface area (Å²) in [6.45, 7) is 8.57. The van der Waals surface area contributed by atoms with Crippen molar-refractivity contribution in [1.29, 1.82) is 0 Å². The molecule has 4 aromatic rings. The van der Waals surface area contributed by atoms with Gasteiger partial charge in [-0.2, -0.15) is 4.98 Å². The Morgan fingerprint density at radius 3 is 2.39 bits per heavy atom. The van der Waals surface area contributed by atoms with Crippen LogP contribution < -0.4 is 10.6 Å². The van der Waals surface area contributed by atoms with Crippen molar-refractivity contribution in [3.05, 3.63) is 66.2 Å². The van der Waals surface area contributed by atoms with Crippen molar-refractivity contribution in [2.45, 2.75) is 33.1 Å². The average molecular weight is 373 g/mol. The van der Waals surface area contributed by atoms with Gasteiger partial charge in [0.25, 0.3) is 0 Å². The van der Waals surface area contributed by atoms with Gasteiger partial charge in [0.1, 0.15) is 11.3 Å². The Morgan fingerprint density at radius 2 is 1.64 bits per heavy atom. The summed E-state index contributed by atoms with van der Waals surface area (Å²) < 4.78 is 5.29. The molecule has 0 radical (unpaired) electrons. The van der Waals surface area contributed by atoms with Gasteiger partial charge in [0.2, 0.25) is 5.95 Å². The summed E-state index contributed by atoms with van der Waals surface area (Å²) in [4.78, 5) is 13.2. The summed E-state index contributed by atoms with van der Waals surface area (Å²) in [5.74, 6) is 1.28. The van der Waals surface area contributed by atoms with E-state index >= 15 is 0 Å². The molecule has 0 amide bonds. The van der Waals surface area contributed by atoms with Gasteiger partial charge in [0, 0.05) is 23.1 Å². The zero-order chi connectivity index (χ0) is 19.7. The van der Waals surface area contributed by atoms with Gasteiger partial charge in [0.05, 0.1) is 0 Å². The normalized spacial score (nSPS) is 11.6. The summed E-state index contributed by atoms with van der Waals surface area (Å²) in [5, 5.41) is 6.61. The van der Waals surface area contributed by atoms with Crippen molar-refractivity contribution in [2.24, 2.45) is 0 Å². The van der Waals surface area contributed by atoms with Crippen LogP contribution in [0.15, 0.2) is 59.5 Å². The van der Waals surface area contributed by atoms with Crippen molar-refractivity contribution in [2.75, 3.05) is 10.6 Å². The highest BCUT2D eigenvalue weighted by atomic mass is 16.3. The molecule has 2 aromatic carbocycles. The minimum atomic E-state index is 0.126. The topological polar surface area (TPSA) is 75.9 Å². The molecule has 6 heteroatoms. The van der Waals surface area contributed by atoms with Gasteiger partial charge in [-0.25, -0.2) is 9.97 Å². The minimum Gasteiger partial charge on any atom is -0.443 e. The predicted molar refractivity (Wildman–Crippen MR) is 112 cm³/mol. The van der Waals surface area contributed by atoms with Crippen LogP contribution in [0.25, 0.3) is 11.1 Å². The molecular weight excluding hydrogens is 350 g/mol. The Labute approximate surface area is 164 Å². The van der Waals surface area contributed by atoms with Crippen LogP contribution in [0.4, 0.5) is 23.1 Å². The molecule has 0 fully saturated rings. The van der Waals surface area contributed by atoms with Crippen molar-refractivity contribution in [3.63, 3.8) is 0 Å². The van der Waals surface area contributed by atoms with Crippen LogP contribution in [0.3, 0.4) is 0 Å². The zero-order valence-electron chi connectivity index (χ0n) is 16.4. The maximum absolute atomic E-state index is 5.29. The number of fused-ring (bicyclic) bond motifs is 1. The molecule has 0 atom stereocenters. The molecule has 0 bridgehead atoms. The molecule has 0 saturated heterocycles. The third-order valence-electron chi connectivity index (χ3n) is 4.57. The molecule has 0 aliphatic carbocycles. The first-order valence-electron chi connectivity index (χ1n) is 9.20. The van der Waals surface area contributed by atoms with Crippen LogP contribution in [0, 0.1) is 6.92 Å². The second-order valence-electron chi connectivity index (χ2n) is 7.84. The molecule has 2 heterocycles. The Balaban J connectivity index is 1.54. The van der Waals surface area contributed by atoms with Gasteiger partial charge in [-0.05, 0) is 48.2 Å². The number of oxazole rings is 1. The monoisotopic (exact) mass is 373 g/mol. The van der Waals surface area contributed by atoms with E-state index in [2.05, 4.69) is 70.6 Å². The molecule has 0 saturated carbocycles. The van der Waals surface area contributed by atoms with Crippen LogP contribution >= 0.6 is 0 Å². The van der Waals surface area contributed by atoms with E-state index < -0.39 is 0 Å². The summed E-state index contributed by atoms with van der Waals surface area (Å²) in [6.07, 6.45) is 3.24. The van der Waals surface area contributed by atoms with Gasteiger partial charge in [0.15, 0.2) is 12.0 Å². The Bertz CT molecular complexity index is 1110. The van der Waals surface area contributed by atoms with Crippen molar-refractivity contribution < 1.29 is 4.42 Å². The van der Waals surface area contributed by atoms with E-state index in [-0.39, 0.29) is 5.41 Å². The maximum Gasteiger partial charge on any atom is 0.229 e. The lowest BCUT2D eigenvalue weighted by molar-refractivity contribution is 0.590. The Morgan fingerprint density at radius 1 is 0.893 bits per heavy atom. The summed E-state index contributed by atoms with van der Waals surface area (Å²) >= 11 is 0. The number of aryl methyl sites for hydroxylation is 1. The van der Waals surface area contributed by atoms with E-state index in [4.69, 9.17) is 4.42 Å². The number of hydrogen-bond acceptors (Lipinski definition) is 6. The van der Waals surface area contributed by atoms with Crippen molar-refractivity contribution in [3.8, 4) is 0 Å². The number of nitrogens with one attached hydrogen (secondary N) is 2. The highest BCUT2D eigenvalue weighted by molar-refractivity contribution is 5.78. The van der Waals surface area contributed by atoms with Crippen LogP contribution in [0.2, 0.25) is 0 Å². The summed E-state index contributed by atoms with van der Waals surface area (Å²) in [7, 11) is 0. The van der Waals surface area contributed by atoms with Crippen LogP contribution in [-0.4, -0.2) is 15.0 Å². The van der Waals surface area contributed by atoms with E-state index in [1.807, 2.05) is 25.1 Å². The van der Waals surface area contributed by atoms with E-state index in [1.165, 1.54) is 12.0 Å². The van der Waals surface area contributed by atoms with E-state index in [9.17, 15) is 0 Å². The van der Waals surface area contributed by atoms with Crippen molar-refractivity contribution in [1.82, 2.24) is 15.0 Å². The maximum atomic E-state index is 5.29. The number of rotatable bonds is 4. The fourth-order valence-electron chi connectivity index (χ4n) is 2.88. The van der Waals surface area contributed by atoms with E-state index in [0.717, 1.165) is 33.9 Å². The highest BCUT2D eigenvalue weighted by Crippen LogP contribution is 2.26. The first-order valence-corrected chi connectivity index (χ1v) is 9.20. The third-order valence-corrected chi connectivity index (χ3v) is 4.57. The van der Waals surface area contributed by atoms with E-state index in [1.54, 1.807) is 6.20 Å². The number of anilines is 4. The van der Waals surface area contributed by atoms with Crippen LogP contribution in [0.1, 0.15) is 31.9 Å². The quantitative estimate of drug-likeness (QED) is 0.477. The first kappa shape index (κ1) is 18.0. The number of aromatic nitrogens is 3. The predicted octanol–water partition coefficient (Wildman–Crippen LogP) is 5.71. The second kappa shape index (κ2) is 6.96. The molecule has 28 heavy (non-hydrogen) atoms. The smallest absolute Gasteiger partial charge is 0.229 e. The molecule has 142 valence electrons. The molecular formula is C22H23N5O. The summed E-state index contributed by atoms with van der Waals surface area (Å²) in [6, 6.07) is 14.1. The SMILES string of the molecule is Cc1cnc(Nc2ccc(C(C)(C)C)cc2)nc1Nc1ccc2ocnc2c1. The second-order valence-corrected chi connectivity index (χ2v) is 7.84. The summed E-state index contributed by atoms with van der Waals surface area (Å²) in [5.41, 5.74) is 5.76. The molecule has 0 unspecified atom stereocenters. The minimum absolute atomic E-state index is 0.126. The van der Waals surface area contributed by atoms with Gasteiger partial charge < -0.3 is 15.1 Å². The molecule has 6 nitrogen and oxygen atoms in total. The Hall–Kier alpha value is -3.41. The number of benzene rings is 2. The van der Waals surface area contributed by atoms with E-state index in [0.29, 0.717) is 5.95 Å². The lowest BCUT2D eigenvalue weighted by Gasteiger charge is -2.19. The molecule has 0 aliphatic rings. The largest absolute Gasteiger partial charge is 0.443 e.